The van der Waals surface area contributed by atoms with Crippen LogP contribution in [0.25, 0.3) is 0 Å². The second-order valence-electron chi connectivity index (χ2n) is 2.72. The minimum atomic E-state index is -1.51. The van der Waals surface area contributed by atoms with Crippen molar-refractivity contribution < 1.29 is 0 Å². The molecule has 2 heterocycles. The summed E-state index contributed by atoms with van der Waals surface area (Å²) in [5.74, 6) is 0. The van der Waals surface area contributed by atoms with E-state index in [-0.39, 0.29) is 0 Å². The predicted octanol–water partition coefficient (Wildman–Crippen LogP) is 0.677. The molecule has 0 atom stereocenters. The van der Waals surface area contributed by atoms with Gasteiger partial charge in [0.15, 0.2) is 0 Å². The van der Waals surface area contributed by atoms with Crippen molar-refractivity contribution in [1.29, 1.82) is 0 Å². The van der Waals surface area contributed by atoms with Crippen molar-refractivity contribution in [3.63, 3.8) is 0 Å². The molecule has 0 saturated carbocycles. The second kappa shape index (κ2) is 3.39. The van der Waals surface area contributed by atoms with Gasteiger partial charge in [0.1, 0.15) is 0 Å². The topological polar surface area (TPSA) is 25.8 Å². The van der Waals surface area contributed by atoms with Gasteiger partial charge in [-0.2, -0.15) is 0 Å². The van der Waals surface area contributed by atoms with E-state index in [1.165, 1.54) is 14.2 Å². The summed E-state index contributed by atoms with van der Waals surface area (Å²) in [4.78, 5) is 8.58. The van der Waals surface area contributed by atoms with Crippen LogP contribution in [-0.4, -0.2) is 31.4 Å². The molecule has 1 aliphatic heterocycles. The maximum atomic E-state index is 4.29. The van der Waals surface area contributed by atoms with Crippen molar-refractivity contribution in [2.24, 2.45) is 0 Å². The third-order valence-corrected chi connectivity index (χ3v) is 9.50. The number of aromatic nitrogens is 2. The quantitative estimate of drug-likeness (QED) is 0.730. The normalized spacial score (nSPS) is 15.8. The molecule has 54 valence electrons. The first kappa shape index (κ1) is 7.35. The summed E-state index contributed by atoms with van der Waals surface area (Å²) >= 11 is -1.51. The average Bonchev–Trinajstić information content (AvgIpc) is 2.58. The van der Waals surface area contributed by atoms with Gasteiger partial charge in [-0.1, -0.05) is 0 Å². The molecule has 0 aliphatic carbocycles. The molecule has 0 aromatic carbocycles. The molecule has 1 aromatic heterocycles. The van der Waals surface area contributed by atoms with Crippen LogP contribution >= 0.6 is 0 Å². The molecule has 1 aliphatic rings. The van der Waals surface area contributed by atoms with Crippen molar-refractivity contribution >= 4 is 25.0 Å². The Labute approximate surface area is 73.9 Å². The van der Waals surface area contributed by atoms with Gasteiger partial charge in [0.05, 0.1) is 0 Å². The summed E-state index contributed by atoms with van der Waals surface area (Å²) in [5, 5.41) is 0. The van der Waals surface area contributed by atoms with E-state index in [0.29, 0.717) is 0 Å². The van der Waals surface area contributed by atoms with Crippen LogP contribution in [0, 0.1) is 0 Å². The fourth-order valence-electron chi connectivity index (χ4n) is 1.35. The van der Waals surface area contributed by atoms with Crippen LogP contribution in [-0.2, 0) is 0 Å². The summed E-state index contributed by atoms with van der Waals surface area (Å²) < 4.78 is 4.95. The van der Waals surface area contributed by atoms with E-state index in [2.05, 4.69) is 19.9 Å². The zero-order chi connectivity index (χ0) is 7.52. The molecule has 0 unspecified atom stereocenters. The summed E-state index contributed by atoms with van der Waals surface area (Å²) in [6.45, 7) is 0. The number of allylic oxidation sites excluding steroid dienone is 1. The second-order valence-corrected chi connectivity index (χ2v) is 10.4. The molecule has 0 radical (unpaired) electrons. The van der Waals surface area contributed by atoms with Gasteiger partial charge in [-0.25, -0.2) is 0 Å². The van der Waals surface area contributed by atoms with Crippen LogP contribution in [0.15, 0.2) is 28.4 Å². The number of hydrogen-bond donors (Lipinski definition) is 0. The third-order valence-electron chi connectivity index (χ3n) is 1.93. The molecular formula is C8H9InN2. The first-order chi connectivity index (χ1) is 5.47. The Kier molecular flexibility index (Phi) is 2.26. The molecular weight excluding hydrogens is 239 g/mol. The molecule has 0 bridgehead atoms. The van der Waals surface area contributed by atoms with E-state index < -0.39 is 21.4 Å². The van der Waals surface area contributed by atoms with Crippen molar-refractivity contribution in [3.05, 3.63) is 28.4 Å². The molecule has 0 fully saturated rings. The van der Waals surface area contributed by atoms with Crippen LogP contribution in [0.4, 0.5) is 0 Å². The Morgan fingerprint density at radius 2 is 2.09 bits per heavy atom. The number of hydrogen-bond acceptors (Lipinski definition) is 2. The van der Waals surface area contributed by atoms with Gasteiger partial charge in [-0.05, 0) is 0 Å². The van der Waals surface area contributed by atoms with E-state index in [0.717, 1.165) is 0 Å². The zero-order valence-electron chi connectivity index (χ0n) is 6.27. The summed E-state index contributed by atoms with van der Waals surface area (Å²) in [7, 11) is 0. The van der Waals surface area contributed by atoms with Gasteiger partial charge in [-0.15, -0.1) is 0 Å². The SMILES string of the molecule is C1=[CH][In]([c]2ncccn2)[CH2]C1. The fraction of sp³-hybridized carbons (Fsp3) is 0.250. The van der Waals surface area contributed by atoms with Crippen LogP contribution in [0.2, 0.25) is 4.18 Å². The maximum absolute atomic E-state index is 4.29. The van der Waals surface area contributed by atoms with Gasteiger partial charge in [-0.3, -0.25) is 0 Å². The minimum absolute atomic E-state index is 1.17. The molecule has 0 saturated heterocycles. The molecule has 3 heteroatoms. The van der Waals surface area contributed by atoms with E-state index in [1.54, 1.807) is 0 Å². The van der Waals surface area contributed by atoms with Crippen LogP contribution in [0.1, 0.15) is 6.42 Å². The van der Waals surface area contributed by atoms with Gasteiger partial charge >= 0.3 is 74.0 Å². The third kappa shape index (κ3) is 1.64. The molecule has 0 N–H and O–H groups in total. The Morgan fingerprint density at radius 1 is 1.27 bits per heavy atom. The Morgan fingerprint density at radius 3 is 2.73 bits per heavy atom. The monoisotopic (exact) mass is 248 g/mol. The Balaban J connectivity index is 2.23. The first-order valence-electron chi connectivity index (χ1n) is 3.90. The first-order valence-corrected chi connectivity index (χ1v) is 9.78. The Bertz CT molecular complexity index is 258. The van der Waals surface area contributed by atoms with E-state index in [4.69, 9.17) is 0 Å². The molecule has 2 rings (SSSR count). The summed E-state index contributed by atoms with van der Waals surface area (Å²) in [6.07, 6.45) is 7.26. The van der Waals surface area contributed by atoms with Crippen LogP contribution in [0.3, 0.4) is 0 Å². The van der Waals surface area contributed by atoms with Gasteiger partial charge < -0.3 is 0 Å². The fourth-order valence-corrected chi connectivity index (χ4v) is 7.77. The van der Waals surface area contributed by atoms with Crippen LogP contribution in [0.5, 0.6) is 0 Å². The molecule has 0 spiro atoms. The standard InChI is InChI=1S/C4H3N2.C4H6.In/c1-2-5-4-6-3-1;1-3-4-2;/h1-3H;1,3H,2,4H2;. The Hall–Kier alpha value is -0.310. The average molecular weight is 248 g/mol. The van der Waals surface area contributed by atoms with E-state index >= 15 is 0 Å². The number of nitrogens with zero attached hydrogens (tertiary/aromatic N) is 2. The van der Waals surface area contributed by atoms with Crippen LogP contribution < -0.4 is 3.58 Å². The van der Waals surface area contributed by atoms with Gasteiger partial charge in [0.2, 0.25) is 0 Å². The van der Waals surface area contributed by atoms with Gasteiger partial charge in [0, 0.05) is 0 Å². The molecule has 11 heavy (non-hydrogen) atoms. The van der Waals surface area contributed by atoms with E-state index in [9.17, 15) is 0 Å². The van der Waals surface area contributed by atoms with Gasteiger partial charge in [0.25, 0.3) is 0 Å². The van der Waals surface area contributed by atoms with Crippen molar-refractivity contribution in [2.45, 2.75) is 10.6 Å². The predicted molar refractivity (Wildman–Crippen MR) is 46.0 cm³/mol. The molecule has 0 amide bonds. The number of rotatable bonds is 1. The molecule has 2 nitrogen and oxygen atoms in total. The molecule has 1 aromatic rings. The van der Waals surface area contributed by atoms with Crippen molar-refractivity contribution in [3.8, 4) is 0 Å². The van der Waals surface area contributed by atoms with E-state index in [1.807, 2.05) is 18.5 Å². The summed E-state index contributed by atoms with van der Waals surface area (Å²) in [5.41, 5.74) is 0. The van der Waals surface area contributed by atoms with Crippen molar-refractivity contribution in [2.75, 3.05) is 0 Å². The van der Waals surface area contributed by atoms with Crippen molar-refractivity contribution in [1.82, 2.24) is 9.97 Å². The summed E-state index contributed by atoms with van der Waals surface area (Å²) in [6, 6.07) is 1.88. The zero-order valence-corrected chi connectivity index (χ0v) is 9.57.